The van der Waals surface area contributed by atoms with Crippen LogP contribution in [0.2, 0.25) is 48.4 Å². The van der Waals surface area contributed by atoms with Gasteiger partial charge in [0.1, 0.15) is 0 Å². The van der Waals surface area contributed by atoms with Crippen molar-refractivity contribution in [3.63, 3.8) is 0 Å². The van der Waals surface area contributed by atoms with E-state index in [4.69, 9.17) is 16.5 Å². The van der Waals surface area contributed by atoms with E-state index in [9.17, 15) is 0 Å². The summed E-state index contributed by atoms with van der Waals surface area (Å²) in [5.74, 6) is 0. The first kappa shape index (κ1) is 51.4. The Balaban J connectivity index is 1.26. The maximum atomic E-state index is 8.70. The fourth-order valence-electron chi connectivity index (χ4n) is 10.6. The first-order chi connectivity index (χ1) is 35.5. The molecule has 8 aromatic rings. The topological polar surface area (TPSA) is 36.9 Å². The highest BCUT2D eigenvalue weighted by Gasteiger charge is 2.61. The van der Waals surface area contributed by atoms with Gasteiger partial charge in [-0.1, -0.05) is 243 Å². The van der Waals surface area contributed by atoms with Gasteiger partial charge in [0.05, 0.1) is 0 Å². The van der Waals surface area contributed by atoms with Crippen LogP contribution in [0.4, 0.5) is 0 Å². The largest absolute Gasteiger partial charge is 0.415 e. The molecule has 1 aliphatic rings. The molecule has 4 nitrogen and oxygen atoms in total. The Morgan fingerprint density at radius 3 is 0.389 bits per heavy atom. The van der Waals surface area contributed by atoms with Crippen LogP contribution < -0.4 is 0 Å². The van der Waals surface area contributed by atoms with Gasteiger partial charge in [0.25, 0.3) is 0 Å². The lowest BCUT2D eigenvalue weighted by Crippen LogP contribution is -2.70. The van der Waals surface area contributed by atoms with E-state index in [0.29, 0.717) is 0 Å². The molecule has 9 rings (SSSR count). The second-order valence-corrected chi connectivity index (χ2v) is 34.5. The second kappa shape index (κ2) is 25.9. The molecule has 0 aromatic heterocycles. The minimum Gasteiger partial charge on any atom is -0.415 e. The molecule has 0 spiro atoms. The Bertz CT molecular complexity index is 2180. The minimum absolute atomic E-state index is 0.829. The Morgan fingerprint density at radius 1 is 0.167 bits per heavy atom. The standard InChI is InChI=1S/C64H72O4Si4/c1-9-25-57(26-10-1)41-49-69(50-42-58-27-11-2-12-28-58)65-70(51-43-59-29-13-3-14-30-59,52-44-60-31-15-4-16-32-60)67-72(55-47-63-37-21-7-22-38-63,56-48-64-39-23-8-24-40-64)68-71(66-69,53-45-61-33-17-5-18-34-61)54-46-62-35-19-6-20-36-62/h1-40H,41-56H2. The van der Waals surface area contributed by atoms with Crippen molar-refractivity contribution in [3.8, 4) is 0 Å². The van der Waals surface area contributed by atoms with Gasteiger partial charge in [-0.3, -0.25) is 0 Å². The summed E-state index contributed by atoms with van der Waals surface area (Å²) in [5.41, 5.74) is 10.5. The molecule has 1 fully saturated rings. The van der Waals surface area contributed by atoms with E-state index in [-0.39, 0.29) is 0 Å². The van der Waals surface area contributed by atoms with Crippen LogP contribution >= 0.6 is 0 Å². The predicted octanol–water partition coefficient (Wildman–Crippen LogP) is 15.8. The molecule has 0 saturated carbocycles. The molecule has 0 N–H and O–H groups in total. The first-order valence-electron chi connectivity index (χ1n) is 26.6. The van der Waals surface area contributed by atoms with E-state index in [1.54, 1.807) is 0 Å². The molecule has 8 heteroatoms. The van der Waals surface area contributed by atoms with Crippen LogP contribution in [0.1, 0.15) is 44.5 Å². The Hall–Kier alpha value is -5.53. The molecule has 0 unspecified atom stereocenters. The Labute approximate surface area is 435 Å². The van der Waals surface area contributed by atoms with Gasteiger partial charge in [-0.15, -0.1) is 0 Å². The van der Waals surface area contributed by atoms with Crippen molar-refractivity contribution < 1.29 is 16.5 Å². The van der Waals surface area contributed by atoms with Gasteiger partial charge in [-0.2, -0.15) is 0 Å². The summed E-state index contributed by atoms with van der Waals surface area (Å²) in [6, 6.07) is 95.0. The van der Waals surface area contributed by atoms with Gasteiger partial charge in [-0.25, -0.2) is 0 Å². The van der Waals surface area contributed by atoms with Crippen molar-refractivity contribution in [2.24, 2.45) is 0 Å². The van der Waals surface area contributed by atoms with Crippen molar-refractivity contribution in [2.75, 3.05) is 0 Å². The van der Waals surface area contributed by atoms with Gasteiger partial charge in [-0.05, 0) is 144 Å². The van der Waals surface area contributed by atoms with Crippen LogP contribution in [-0.2, 0) is 67.8 Å². The van der Waals surface area contributed by atoms with Crippen LogP contribution in [0.3, 0.4) is 0 Å². The number of aryl methyl sites for hydroxylation is 8. The molecule has 0 amide bonds. The van der Waals surface area contributed by atoms with E-state index < -0.39 is 34.2 Å². The average Bonchev–Trinajstić information content (AvgIpc) is 3.45. The van der Waals surface area contributed by atoms with Crippen molar-refractivity contribution in [1.29, 1.82) is 0 Å². The fourth-order valence-corrected chi connectivity index (χ4v) is 36.5. The van der Waals surface area contributed by atoms with Gasteiger partial charge in [0.15, 0.2) is 0 Å². The Morgan fingerprint density at radius 2 is 0.278 bits per heavy atom. The summed E-state index contributed by atoms with van der Waals surface area (Å²) in [7, 11) is -13.2. The minimum atomic E-state index is -3.29. The lowest BCUT2D eigenvalue weighted by Gasteiger charge is -2.54. The molecule has 1 saturated heterocycles. The zero-order valence-electron chi connectivity index (χ0n) is 42.0. The molecule has 0 aliphatic carbocycles. The number of rotatable bonds is 24. The number of hydrogen-bond donors (Lipinski definition) is 0. The molecular weight excluding hydrogens is 945 g/mol. The van der Waals surface area contributed by atoms with Crippen LogP contribution in [-0.4, -0.2) is 34.2 Å². The zero-order chi connectivity index (χ0) is 49.0. The van der Waals surface area contributed by atoms with E-state index in [2.05, 4.69) is 243 Å². The number of benzene rings is 8. The van der Waals surface area contributed by atoms with Gasteiger partial charge in [0.2, 0.25) is 0 Å². The average molecular weight is 1020 g/mol. The van der Waals surface area contributed by atoms with Crippen molar-refractivity contribution >= 4 is 34.2 Å². The van der Waals surface area contributed by atoms with Gasteiger partial charge < -0.3 is 16.5 Å². The van der Waals surface area contributed by atoms with Crippen LogP contribution in [0.15, 0.2) is 243 Å². The molecular formula is C64H72O4Si4. The monoisotopic (exact) mass is 1020 g/mol. The van der Waals surface area contributed by atoms with Crippen LogP contribution in [0.25, 0.3) is 0 Å². The highest BCUT2D eigenvalue weighted by molar-refractivity contribution is 6.95. The third-order valence-electron chi connectivity index (χ3n) is 14.6. The van der Waals surface area contributed by atoms with E-state index >= 15 is 0 Å². The third-order valence-corrected chi connectivity index (χ3v) is 34.6. The van der Waals surface area contributed by atoms with E-state index in [0.717, 1.165) is 99.7 Å². The zero-order valence-corrected chi connectivity index (χ0v) is 46.0. The summed E-state index contributed by atoms with van der Waals surface area (Å²) in [6.45, 7) is 0. The summed E-state index contributed by atoms with van der Waals surface area (Å²) < 4.78 is 34.8. The normalized spacial score (nSPS) is 15.8. The lowest BCUT2D eigenvalue weighted by atomic mass is 10.2. The highest BCUT2D eigenvalue weighted by atomic mass is 28.5. The molecule has 0 bridgehead atoms. The van der Waals surface area contributed by atoms with Crippen LogP contribution in [0.5, 0.6) is 0 Å². The summed E-state index contributed by atoms with van der Waals surface area (Å²) in [5, 5.41) is 0. The molecule has 8 aromatic carbocycles. The highest BCUT2D eigenvalue weighted by Crippen LogP contribution is 2.46. The third kappa shape index (κ3) is 15.3. The van der Waals surface area contributed by atoms with Crippen molar-refractivity contribution in [1.82, 2.24) is 0 Å². The van der Waals surface area contributed by atoms with E-state index in [1.165, 1.54) is 44.5 Å². The van der Waals surface area contributed by atoms with Crippen LogP contribution in [0, 0.1) is 0 Å². The summed E-state index contributed by atoms with van der Waals surface area (Å²) in [6.07, 6.45) is 6.97. The Kier molecular flexibility index (Phi) is 18.5. The maximum absolute atomic E-state index is 8.70. The van der Waals surface area contributed by atoms with E-state index in [1.807, 2.05) is 0 Å². The SMILES string of the molecule is c1ccc(CC[Si]2(CCc3ccccc3)O[Si](CCc3ccccc3)(CCc3ccccc3)O[Si](CCc3ccccc3)(CCc3ccccc3)O[Si](CCc3ccccc3)(CCc3ccccc3)O2)cc1. The smallest absolute Gasteiger partial charge is 0.321 e. The van der Waals surface area contributed by atoms with Gasteiger partial charge in [0, 0.05) is 0 Å². The van der Waals surface area contributed by atoms with Crippen molar-refractivity contribution in [3.05, 3.63) is 287 Å². The van der Waals surface area contributed by atoms with Gasteiger partial charge >= 0.3 is 34.2 Å². The summed E-state index contributed by atoms with van der Waals surface area (Å²) >= 11 is 0. The molecule has 0 atom stereocenters. The fraction of sp³-hybridized carbons (Fsp3) is 0.250. The molecule has 368 valence electrons. The lowest BCUT2D eigenvalue weighted by molar-refractivity contribution is 0.206. The second-order valence-electron chi connectivity index (χ2n) is 19.9. The maximum Gasteiger partial charge on any atom is 0.321 e. The first-order valence-corrected chi connectivity index (χ1v) is 35.5. The molecule has 1 heterocycles. The predicted molar refractivity (Wildman–Crippen MR) is 307 cm³/mol. The summed E-state index contributed by atoms with van der Waals surface area (Å²) in [4.78, 5) is 0. The molecule has 0 radical (unpaired) electrons. The quantitative estimate of drug-likeness (QED) is 0.0565. The van der Waals surface area contributed by atoms with Crippen molar-refractivity contribution in [2.45, 2.75) is 99.7 Å². The molecule has 72 heavy (non-hydrogen) atoms. The molecule has 1 aliphatic heterocycles. The number of hydrogen-bond acceptors (Lipinski definition) is 4.